The molecule has 2 rings (SSSR count). The molecule has 1 aromatic rings. The summed E-state index contributed by atoms with van der Waals surface area (Å²) in [6.45, 7) is 3.90. The molecule has 0 amide bonds. The smallest absolute Gasteiger partial charge is 0.206 e. The van der Waals surface area contributed by atoms with Crippen molar-refractivity contribution in [3.05, 3.63) is 15.9 Å². The average Bonchev–Trinajstić information content (AvgIpc) is 2.88. The minimum absolute atomic E-state index is 0.345. The van der Waals surface area contributed by atoms with E-state index in [1.165, 1.54) is 11.3 Å². The molecule has 0 bridgehead atoms. The number of thiophene rings is 1. The Bertz CT molecular complexity index is 489. The summed E-state index contributed by atoms with van der Waals surface area (Å²) in [7, 11) is -3.39. The second-order valence-corrected chi connectivity index (χ2v) is 8.31. The van der Waals surface area contributed by atoms with Crippen LogP contribution in [0.25, 0.3) is 0 Å². The molecule has 0 spiro atoms. The molecule has 16 heavy (non-hydrogen) atoms. The quantitative estimate of drug-likeness (QED) is 0.925. The van der Waals surface area contributed by atoms with Gasteiger partial charge in [0.2, 0.25) is 0 Å². The van der Waals surface area contributed by atoms with Crippen molar-refractivity contribution in [2.45, 2.75) is 36.4 Å². The van der Waals surface area contributed by atoms with Crippen LogP contribution in [0, 0.1) is 5.92 Å². The van der Waals surface area contributed by atoms with Crippen LogP contribution in [-0.2, 0) is 10.0 Å². The molecule has 1 aliphatic carbocycles. The van der Waals surface area contributed by atoms with Gasteiger partial charge in [0.15, 0.2) is 0 Å². The van der Waals surface area contributed by atoms with Crippen LogP contribution in [0.2, 0.25) is 0 Å². The highest BCUT2D eigenvalue weighted by Crippen LogP contribution is 2.40. The lowest BCUT2D eigenvalue weighted by atomic mass is 10.0. The van der Waals surface area contributed by atoms with Gasteiger partial charge >= 0.3 is 0 Å². The van der Waals surface area contributed by atoms with Gasteiger partial charge in [-0.05, 0) is 60.0 Å². The molecule has 0 radical (unpaired) electrons. The molecule has 0 unspecified atom stereocenters. The topological polar surface area (TPSA) is 46.2 Å². The zero-order valence-electron chi connectivity index (χ0n) is 9.16. The van der Waals surface area contributed by atoms with E-state index in [1.807, 2.05) is 13.8 Å². The van der Waals surface area contributed by atoms with E-state index >= 15 is 0 Å². The lowest BCUT2D eigenvalue weighted by Gasteiger charge is -2.25. The molecule has 1 aliphatic rings. The lowest BCUT2D eigenvalue weighted by Crippen LogP contribution is -2.44. The highest BCUT2D eigenvalue weighted by Gasteiger charge is 2.41. The summed E-state index contributed by atoms with van der Waals surface area (Å²) in [6, 6.07) is 1.75. The Morgan fingerprint density at radius 3 is 2.56 bits per heavy atom. The van der Waals surface area contributed by atoms with Gasteiger partial charge < -0.3 is 0 Å². The van der Waals surface area contributed by atoms with E-state index in [4.69, 9.17) is 0 Å². The van der Waals surface area contributed by atoms with Gasteiger partial charge in [-0.3, -0.25) is 0 Å². The van der Waals surface area contributed by atoms with Gasteiger partial charge in [0, 0.05) is 10.0 Å². The van der Waals surface area contributed by atoms with Gasteiger partial charge in [-0.1, -0.05) is 0 Å². The van der Waals surface area contributed by atoms with Gasteiger partial charge in [0.05, 0.1) is 0 Å². The van der Waals surface area contributed by atoms with Crippen LogP contribution in [0.3, 0.4) is 0 Å². The Morgan fingerprint density at radius 1 is 1.50 bits per heavy atom. The number of sulfonamides is 1. The minimum Gasteiger partial charge on any atom is -0.206 e. The van der Waals surface area contributed by atoms with Crippen LogP contribution >= 0.6 is 27.3 Å². The van der Waals surface area contributed by atoms with Crippen LogP contribution in [-0.4, -0.2) is 14.0 Å². The molecule has 1 aromatic heterocycles. The van der Waals surface area contributed by atoms with Gasteiger partial charge in [0.25, 0.3) is 10.0 Å². The molecule has 1 fully saturated rings. The van der Waals surface area contributed by atoms with Crippen molar-refractivity contribution in [3.63, 3.8) is 0 Å². The second kappa shape index (κ2) is 4.08. The maximum atomic E-state index is 12.1. The third kappa shape index (κ3) is 2.50. The highest BCUT2D eigenvalue weighted by molar-refractivity contribution is 9.10. The first-order valence-electron chi connectivity index (χ1n) is 5.10. The predicted octanol–water partition coefficient (Wildman–Crippen LogP) is 2.98. The Balaban J connectivity index is 2.24. The van der Waals surface area contributed by atoms with Crippen LogP contribution in [0.5, 0.6) is 0 Å². The predicted molar refractivity (Wildman–Crippen MR) is 69.1 cm³/mol. The summed E-state index contributed by atoms with van der Waals surface area (Å²) in [5, 5.41) is 1.77. The van der Waals surface area contributed by atoms with Crippen LogP contribution in [0.15, 0.2) is 20.1 Å². The molecule has 0 saturated heterocycles. The maximum absolute atomic E-state index is 12.1. The van der Waals surface area contributed by atoms with E-state index in [9.17, 15) is 8.42 Å². The van der Waals surface area contributed by atoms with E-state index in [1.54, 1.807) is 11.4 Å². The summed E-state index contributed by atoms with van der Waals surface area (Å²) >= 11 is 4.49. The molecule has 0 aromatic carbocycles. The van der Waals surface area contributed by atoms with E-state index in [0.717, 1.165) is 12.8 Å². The number of nitrogens with one attached hydrogen (secondary N) is 1. The molecule has 0 aliphatic heterocycles. The number of hydrogen-bond acceptors (Lipinski definition) is 3. The van der Waals surface area contributed by atoms with E-state index in [2.05, 4.69) is 20.7 Å². The average molecular weight is 324 g/mol. The Morgan fingerprint density at radius 2 is 2.12 bits per heavy atom. The lowest BCUT2D eigenvalue weighted by molar-refractivity contribution is 0.401. The van der Waals surface area contributed by atoms with Gasteiger partial charge in [0.1, 0.15) is 4.21 Å². The number of halogens is 1. The van der Waals surface area contributed by atoms with Crippen LogP contribution in [0.1, 0.15) is 26.7 Å². The van der Waals surface area contributed by atoms with Gasteiger partial charge in [-0.25, -0.2) is 13.1 Å². The van der Waals surface area contributed by atoms with Crippen LogP contribution in [0.4, 0.5) is 0 Å². The third-order valence-corrected chi connectivity index (χ3v) is 7.17. The highest BCUT2D eigenvalue weighted by atomic mass is 79.9. The van der Waals surface area contributed by atoms with Crippen molar-refractivity contribution < 1.29 is 8.42 Å². The number of rotatable bonds is 4. The fraction of sp³-hybridized carbons (Fsp3) is 0.600. The Kier molecular flexibility index (Phi) is 3.20. The van der Waals surface area contributed by atoms with Crippen molar-refractivity contribution in [1.29, 1.82) is 0 Å². The Hall–Kier alpha value is 0.0900. The van der Waals surface area contributed by atoms with E-state index in [0.29, 0.717) is 14.6 Å². The van der Waals surface area contributed by atoms with Crippen molar-refractivity contribution in [1.82, 2.24) is 4.72 Å². The molecule has 3 nitrogen and oxygen atoms in total. The fourth-order valence-electron chi connectivity index (χ4n) is 1.75. The molecule has 1 saturated carbocycles. The van der Waals surface area contributed by atoms with Gasteiger partial charge in [-0.15, -0.1) is 11.3 Å². The third-order valence-electron chi connectivity index (χ3n) is 2.82. The summed E-state index contributed by atoms with van der Waals surface area (Å²) in [5.74, 6) is 0.473. The molecular weight excluding hydrogens is 310 g/mol. The first kappa shape index (κ1) is 12.5. The first-order chi connectivity index (χ1) is 7.33. The van der Waals surface area contributed by atoms with E-state index < -0.39 is 10.0 Å². The summed E-state index contributed by atoms with van der Waals surface area (Å²) in [5.41, 5.74) is -0.345. The van der Waals surface area contributed by atoms with Crippen molar-refractivity contribution in [2.24, 2.45) is 5.92 Å². The molecule has 90 valence electrons. The standard InChI is InChI=1S/C10H14BrNO2S2/c1-10(2,7-3-4-7)12-16(13,14)9-8(11)5-6-15-9/h5-7,12H,3-4H2,1-2H3. The summed E-state index contributed by atoms with van der Waals surface area (Å²) in [6.07, 6.45) is 2.22. The zero-order chi connectivity index (χ0) is 12.0. The summed E-state index contributed by atoms with van der Waals surface area (Å²) in [4.78, 5) is 0. The second-order valence-electron chi connectivity index (χ2n) is 4.66. The van der Waals surface area contributed by atoms with Crippen LogP contribution < -0.4 is 4.72 Å². The van der Waals surface area contributed by atoms with Crippen molar-refractivity contribution in [3.8, 4) is 0 Å². The van der Waals surface area contributed by atoms with Crippen molar-refractivity contribution >= 4 is 37.3 Å². The molecule has 0 atom stereocenters. The first-order valence-corrected chi connectivity index (χ1v) is 8.25. The normalized spacial score (nSPS) is 17.7. The van der Waals surface area contributed by atoms with E-state index in [-0.39, 0.29) is 5.54 Å². The largest absolute Gasteiger partial charge is 0.251 e. The van der Waals surface area contributed by atoms with Gasteiger partial charge in [-0.2, -0.15) is 0 Å². The molecule has 1 heterocycles. The molecule has 1 N–H and O–H groups in total. The molecular formula is C10H14BrNO2S2. The maximum Gasteiger partial charge on any atom is 0.251 e. The minimum atomic E-state index is -3.39. The zero-order valence-corrected chi connectivity index (χ0v) is 12.4. The fourth-order valence-corrected chi connectivity index (χ4v) is 5.56. The number of hydrogen-bond donors (Lipinski definition) is 1. The molecule has 6 heteroatoms. The SMILES string of the molecule is CC(C)(NS(=O)(=O)c1sccc1Br)C1CC1. The monoisotopic (exact) mass is 323 g/mol. The summed E-state index contributed by atoms with van der Waals surface area (Å²) < 4.78 is 28.1. The van der Waals surface area contributed by atoms with Crippen molar-refractivity contribution in [2.75, 3.05) is 0 Å². The Labute approximate surface area is 108 Å².